The molecule has 0 saturated carbocycles. The van der Waals surface area contributed by atoms with Gasteiger partial charge in [-0.05, 0) is 12.8 Å². The van der Waals surface area contributed by atoms with E-state index in [0.29, 0.717) is 13.1 Å². The van der Waals surface area contributed by atoms with E-state index in [9.17, 15) is 4.79 Å². The van der Waals surface area contributed by atoms with Crippen LogP contribution in [0.3, 0.4) is 0 Å². The number of carbonyl (C=O) groups is 1. The molecule has 1 N–H and O–H groups in total. The number of rotatable bonds is 3. The molecule has 0 bridgehead atoms. The molecule has 2 aliphatic heterocycles. The minimum absolute atomic E-state index is 0. The fourth-order valence-corrected chi connectivity index (χ4v) is 3.02. The molecule has 2 fully saturated rings. The maximum atomic E-state index is 12.4. The summed E-state index contributed by atoms with van der Waals surface area (Å²) in [6, 6.07) is 0. The molecule has 1 amide bonds. The first-order valence-electron chi connectivity index (χ1n) is 8.03. The molecule has 9 heteroatoms. The van der Waals surface area contributed by atoms with Crippen molar-refractivity contribution in [3.05, 3.63) is 12.4 Å². The summed E-state index contributed by atoms with van der Waals surface area (Å²) in [6.45, 7) is 3.27. The number of halogens is 1. The summed E-state index contributed by atoms with van der Waals surface area (Å²) in [5, 5.41) is 7.45. The van der Waals surface area contributed by atoms with Gasteiger partial charge < -0.3 is 19.9 Å². The standard InChI is InChI=1S/C15H24N6O2.HI/c1-16-15(17-9-13-4-3-7-23-13)20-5-6-21(14(22)11-20)12-8-18-19(2)10-12;/h8,10,13H,3-7,9,11H2,1-2H3,(H,16,17);1H. The van der Waals surface area contributed by atoms with E-state index in [0.717, 1.165) is 44.2 Å². The second-order valence-corrected chi connectivity index (χ2v) is 5.90. The Bertz CT molecular complexity index is 584. The van der Waals surface area contributed by atoms with Gasteiger partial charge in [0, 0.05) is 46.5 Å². The van der Waals surface area contributed by atoms with Crippen molar-refractivity contribution < 1.29 is 9.53 Å². The Morgan fingerprint density at radius 2 is 2.33 bits per heavy atom. The lowest BCUT2D eigenvalue weighted by Gasteiger charge is -2.35. The number of nitrogens with one attached hydrogen (secondary N) is 1. The Labute approximate surface area is 159 Å². The lowest BCUT2D eigenvalue weighted by Crippen LogP contribution is -2.56. The van der Waals surface area contributed by atoms with E-state index in [-0.39, 0.29) is 36.0 Å². The molecular formula is C15H25IN6O2. The Hall–Kier alpha value is -1.36. The van der Waals surface area contributed by atoms with Crippen LogP contribution in [-0.4, -0.2) is 72.5 Å². The number of nitrogens with zero attached hydrogens (tertiary/aromatic N) is 5. The number of guanidine groups is 1. The average Bonchev–Trinajstić information content (AvgIpc) is 3.20. The lowest BCUT2D eigenvalue weighted by atomic mass is 10.2. The Morgan fingerprint density at radius 1 is 1.50 bits per heavy atom. The smallest absolute Gasteiger partial charge is 0.246 e. The first-order chi connectivity index (χ1) is 11.2. The van der Waals surface area contributed by atoms with Gasteiger partial charge in [0.05, 0.1) is 18.0 Å². The van der Waals surface area contributed by atoms with Crippen molar-refractivity contribution in [2.75, 3.05) is 44.7 Å². The number of aromatic nitrogens is 2. The number of aliphatic imine (C=N–C) groups is 1. The van der Waals surface area contributed by atoms with Gasteiger partial charge >= 0.3 is 0 Å². The molecule has 3 rings (SSSR count). The minimum atomic E-state index is 0. The van der Waals surface area contributed by atoms with Crippen LogP contribution in [0, 0.1) is 0 Å². The molecule has 2 aliphatic rings. The molecule has 0 spiro atoms. The third-order valence-corrected chi connectivity index (χ3v) is 4.25. The third-order valence-electron chi connectivity index (χ3n) is 4.25. The average molecular weight is 448 g/mol. The minimum Gasteiger partial charge on any atom is -0.376 e. The van der Waals surface area contributed by atoms with Gasteiger partial charge in [0.15, 0.2) is 5.96 Å². The highest BCUT2D eigenvalue weighted by Crippen LogP contribution is 2.16. The van der Waals surface area contributed by atoms with E-state index >= 15 is 0 Å². The van der Waals surface area contributed by atoms with Crippen LogP contribution in [0.25, 0.3) is 0 Å². The molecule has 0 radical (unpaired) electrons. The van der Waals surface area contributed by atoms with Crippen LogP contribution < -0.4 is 10.2 Å². The normalized spacial score (nSPS) is 21.8. The summed E-state index contributed by atoms with van der Waals surface area (Å²) >= 11 is 0. The fourth-order valence-electron chi connectivity index (χ4n) is 3.02. The van der Waals surface area contributed by atoms with Crippen LogP contribution in [0.1, 0.15) is 12.8 Å². The number of anilines is 1. The summed E-state index contributed by atoms with van der Waals surface area (Å²) in [6.07, 6.45) is 6.03. The first-order valence-corrected chi connectivity index (χ1v) is 8.03. The van der Waals surface area contributed by atoms with Crippen LogP contribution in [0.4, 0.5) is 5.69 Å². The molecule has 2 saturated heterocycles. The quantitative estimate of drug-likeness (QED) is 0.413. The van der Waals surface area contributed by atoms with Crippen molar-refractivity contribution in [2.45, 2.75) is 18.9 Å². The van der Waals surface area contributed by atoms with Gasteiger partial charge in [-0.25, -0.2) is 0 Å². The summed E-state index contributed by atoms with van der Waals surface area (Å²) in [5.74, 6) is 0.823. The zero-order valence-electron chi connectivity index (χ0n) is 14.1. The zero-order valence-corrected chi connectivity index (χ0v) is 16.5. The van der Waals surface area contributed by atoms with Crippen LogP contribution in [0.15, 0.2) is 17.4 Å². The van der Waals surface area contributed by atoms with Gasteiger partial charge in [0.2, 0.25) is 5.91 Å². The SMILES string of the molecule is CN=C(NCC1CCCO1)N1CCN(c2cnn(C)c2)C(=O)C1.I. The maximum absolute atomic E-state index is 12.4. The topological polar surface area (TPSA) is 75.0 Å². The maximum Gasteiger partial charge on any atom is 0.246 e. The van der Waals surface area contributed by atoms with Gasteiger partial charge in [-0.1, -0.05) is 0 Å². The number of hydrogen-bond donors (Lipinski definition) is 1. The number of aryl methyl sites for hydroxylation is 1. The van der Waals surface area contributed by atoms with Crippen LogP contribution in [0.5, 0.6) is 0 Å². The van der Waals surface area contributed by atoms with Gasteiger partial charge in [0.25, 0.3) is 0 Å². The van der Waals surface area contributed by atoms with E-state index in [4.69, 9.17) is 4.74 Å². The molecule has 1 atom stereocenters. The number of hydrogen-bond acceptors (Lipinski definition) is 4. The van der Waals surface area contributed by atoms with E-state index in [1.165, 1.54) is 0 Å². The predicted octanol–water partition coefficient (Wildman–Crippen LogP) is 0.441. The highest BCUT2D eigenvalue weighted by atomic mass is 127. The van der Waals surface area contributed by atoms with Crippen LogP contribution >= 0.6 is 24.0 Å². The molecule has 0 aliphatic carbocycles. The van der Waals surface area contributed by atoms with Crippen molar-refractivity contribution in [2.24, 2.45) is 12.0 Å². The van der Waals surface area contributed by atoms with Crippen molar-refractivity contribution in [1.29, 1.82) is 0 Å². The number of piperazine rings is 1. The summed E-state index contributed by atoms with van der Waals surface area (Å²) in [4.78, 5) is 20.5. The molecule has 8 nitrogen and oxygen atoms in total. The monoisotopic (exact) mass is 448 g/mol. The van der Waals surface area contributed by atoms with E-state index < -0.39 is 0 Å². The van der Waals surface area contributed by atoms with Crippen molar-refractivity contribution in [3.8, 4) is 0 Å². The molecule has 3 heterocycles. The Morgan fingerprint density at radius 3 is 2.92 bits per heavy atom. The lowest BCUT2D eigenvalue weighted by molar-refractivity contribution is -0.120. The summed E-state index contributed by atoms with van der Waals surface area (Å²) in [7, 11) is 3.59. The van der Waals surface area contributed by atoms with E-state index in [2.05, 4.69) is 15.4 Å². The Balaban J connectivity index is 0.00000208. The predicted molar refractivity (Wildman–Crippen MR) is 103 cm³/mol. The highest BCUT2D eigenvalue weighted by molar-refractivity contribution is 14.0. The van der Waals surface area contributed by atoms with E-state index in [1.807, 2.05) is 18.1 Å². The third kappa shape index (κ3) is 4.38. The van der Waals surface area contributed by atoms with Crippen LogP contribution in [-0.2, 0) is 16.6 Å². The summed E-state index contributed by atoms with van der Waals surface area (Å²) in [5.41, 5.74) is 0.847. The van der Waals surface area contributed by atoms with Crippen LogP contribution in [0.2, 0.25) is 0 Å². The van der Waals surface area contributed by atoms with Gasteiger partial charge in [0.1, 0.15) is 6.54 Å². The largest absolute Gasteiger partial charge is 0.376 e. The number of carbonyl (C=O) groups excluding carboxylic acids is 1. The number of ether oxygens (including phenoxy) is 1. The second-order valence-electron chi connectivity index (χ2n) is 5.90. The van der Waals surface area contributed by atoms with Gasteiger partial charge in [-0.2, -0.15) is 5.10 Å². The van der Waals surface area contributed by atoms with Gasteiger partial charge in [-0.15, -0.1) is 24.0 Å². The molecule has 0 aromatic carbocycles. The van der Waals surface area contributed by atoms with E-state index in [1.54, 1.807) is 22.8 Å². The second kappa shape index (κ2) is 8.65. The molecule has 24 heavy (non-hydrogen) atoms. The van der Waals surface area contributed by atoms with Crippen molar-refractivity contribution in [3.63, 3.8) is 0 Å². The molecule has 1 aromatic rings. The summed E-state index contributed by atoms with van der Waals surface area (Å²) < 4.78 is 7.32. The van der Waals surface area contributed by atoms with Crippen molar-refractivity contribution in [1.82, 2.24) is 20.0 Å². The number of amides is 1. The zero-order chi connectivity index (χ0) is 16.2. The first kappa shape index (κ1) is 19.0. The van der Waals surface area contributed by atoms with Crippen molar-refractivity contribution >= 4 is 41.5 Å². The van der Waals surface area contributed by atoms with Gasteiger partial charge in [-0.3, -0.25) is 14.5 Å². The molecule has 1 aromatic heterocycles. The molecular weight excluding hydrogens is 423 g/mol. The fraction of sp³-hybridized carbons (Fsp3) is 0.667. The Kier molecular flexibility index (Phi) is 6.84. The molecule has 134 valence electrons. The molecule has 1 unspecified atom stereocenters. The highest BCUT2D eigenvalue weighted by Gasteiger charge is 2.28.